The lowest BCUT2D eigenvalue weighted by molar-refractivity contribution is -0.145. The number of hydrogen-bond acceptors (Lipinski definition) is 5. The minimum atomic E-state index is -0.175. The molecule has 3 heterocycles. The third-order valence-corrected chi connectivity index (χ3v) is 8.11. The largest absolute Gasteiger partial charge is 0.491 e. The zero-order valence-corrected chi connectivity index (χ0v) is 21.0. The first-order chi connectivity index (χ1) is 17.1. The van der Waals surface area contributed by atoms with Crippen molar-refractivity contribution in [1.82, 2.24) is 9.80 Å². The van der Waals surface area contributed by atoms with Gasteiger partial charge in [-0.3, -0.25) is 9.59 Å². The summed E-state index contributed by atoms with van der Waals surface area (Å²) < 4.78 is 11.7. The molecule has 1 fully saturated rings. The third kappa shape index (κ3) is 5.45. The van der Waals surface area contributed by atoms with Gasteiger partial charge in [0.25, 0.3) is 0 Å². The van der Waals surface area contributed by atoms with Crippen molar-refractivity contribution in [3.8, 4) is 5.75 Å². The van der Waals surface area contributed by atoms with E-state index in [9.17, 15) is 9.59 Å². The van der Waals surface area contributed by atoms with Crippen LogP contribution in [0.4, 0.5) is 0 Å². The Morgan fingerprint density at radius 1 is 1.14 bits per heavy atom. The number of rotatable bonds is 8. The Morgan fingerprint density at radius 3 is 2.69 bits per heavy atom. The van der Waals surface area contributed by atoms with E-state index in [0.29, 0.717) is 25.5 Å². The van der Waals surface area contributed by atoms with E-state index in [1.54, 1.807) is 22.5 Å². The van der Waals surface area contributed by atoms with E-state index in [4.69, 9.17) is 9.15 Å². The molecule has 1 aliphatic carbocycles. The number of furan rings is 1. The minimum Gasteiger partial charge on any atom is -0.491 e. The molecule has 6 nitrogen and oxygen atoms in total. The van der Waals surface area contributed by atoms with Crippen LogP contribution >= 0.6 is 11.3 Å². The summed E-state index contributed by atoms with van der Waals surface area (Å²) in [6, 6.07) is 13.6. The highest BCUT2D eigenvalue weighted by Gasteiger charge is 2.35. The molecule has 0 bridgehead atoms. The standard InChI is InChI=1S/C28H32N2O4S/c1-20-8-10-22(11-9-20)34-19-25-24-13-16-35-26(24)12-14-30(25)27(31)18-29(17-23-7-4-15-33-23)28(32)21-5-2-3-6-21/h4,7-11,13,15-16,21,25H,2-3,5-6,12,14,17-19H2,1H3/t25-/m0/s1. The first-order valence-electron chi connectivity index (χ1n) is 12.4. The summed E-state index contributed by atoms with van der Waals surface area (Å²) in [6.07, 6.45) is 6.38. The number of carbonyl (C=O) groups is 2. The fraction of sp³-hybridized carbons (Fsp3) is 0.429. The maximum atomic E-state index is 13.7. The summed E-state index contributed by atoms with van der Waals surface area (Å²) in [5.41, 5.74) is 2.33. The predicted molar refractivity (Wildman–Crippen MR) is 135 cm³/mol. The van der Waals surface area contributed by atoms with Crippen molar-refractivity contribution < 1.29 is 18.7 Å². The van der Waals surface area contributed by atoms with E-state index in [0.717, 1.165) is 43.4 Å². The van der Waals surface area contributed by atoms with Crippen molar-refractivity contribution in [3.05, 3.63) is 75.9 Å². The van der Waals surface area contributed by atoms with Gasteiger partial charge in [-0.05, 0) is 67.5 Å². The van der Waals surface area contributed by atoms with Crippen LogP contribution in [0.2, 0.25) is 0 Å². The molecule has 0 unspecified atom stereocenters. The quantitative estimate of drug-likeness (QED) is 0.424. The molecular formula is C28H32N2O4S. The summed E-state index contributed by atoms with van der Waals surface area (Å²) >= 11 is 1.73. The highest BCUT2D eigenvalue weighted by molar-refractivity contribution is 7.10. The molecular weight excluding hydrogens is 460 g/mol. The average molecular weight is 493 g/mol. The Kier molecular flexibility index (Phi) is 7.23. The molecule has 3 aromatic rings. The van der Waals surface area contributed by atoms with E-state index in [1.807, 2.05) is 48.2 Å². The van der Waals surface area contributed by atoms with Gasteiger partial charge in [0, 0.05) is 17.3 Å². The van der Waals surface area contributed by atoms with Crippen LogP contribution in [0.5, 0.6) is 5.75 Å². The molecule has 2 aliphatic rings. The van der Waals surface area contributed by atoms with Gasteiger partial charge < -0.3 is 19.0 Å². The Labute approximate surface area is 210 Å². The van der Waals surface area contributed by atoms with Crippen molar-refractivity contribution >= 4 is 23.2 Å². The number of benzene rings is 1. The number of amides is 2. The van der Waals surface area contributed by atoms with Gasteiger partial charge in [-0.25, -0.2) is 0 Å². The van der Waals surface area contributed by atoms with Crippen LogP contribution in [0.1, 0.15) is 53.5 Å². The van der Waals surface area contributed by atoms with Crippen LogP contribution in [-0.4, -0.2) is 41.3 Å². The average Bonchev–Trinajstić information content (AvgIpc) is 3.65. The Bertz CT molecular complexity index is 1130. The number of thiophene rings is 1. The normalized spacial score (nSPS) is 17.9. The molecule has 1 aromatic carbocycles. The molecule has 2 amide bonds. The van der Waals surface area contributed by atoms with Crippen LogP contribution in [-0.2, 0) is 22.6 Å². The number of aryl methyl sites for hydroxylation is 1. The topological polar surface area (TPSA) is 63.0 Å². The summed E-state index contributed by atoms with van der Waals surface area (Å²) in [7, 11) is 0. The smallest absolute Gasteiger partial charge is 0.242 e. The number of ether oxygens (including phenoxy) is 1. The summed E-state index contributed by atoms with van der Waals surface area (Å²) in [5.74, 6) is 1.51. The van der Waals surface area contributed by atoms with Crippen molar-refractivity contribution in [2.24, 2.45) is 5.92 Å². The lowest BCUT2D eigenvalue weighted by Gasteiger charge is -2.37. The molecule has 2 aromatic heterocycles. The fourth-order valence-electron chi connectivity index (χ4n) is 5.17. The third-order valence-electron chi connectivity index (χ3n) is 7.11. The van der Waals surface area contributed by atoms with Crippen LogP contribution in [0.15, 0.2) is 58.5 Å². The monoisotopic (exact) mass is 492 g/mol. The molecule has 5 rings (SSSR count). The second kappa shape index (κ2) is 10.7. The van der Waals surface area contributed by atoms with Crippen LogP contribution in [0.25, 0.3) is 0 Å². The maximum Gasteiger partial charge on any atom is 0.242 e. The Morgan fingerprint density at radius 2 is 1.94 bits per heavy atom. The van der Waals surface area contributed by atoms with Gasteiger partial charge in [-0.1, -0.05) is 30.5 Å². The SMILES string of the molecule is Cc1ccc(OC[C@H]2c3ccsc3CCN2C(=O)CN(Cc2ccco2)C(=O)C2CCCC2)cc1. The molecule has 35 heavy (non-hydrogen) atoms. The first-order valence-corrected chi connectivity index (χ1v) is 13.3. The van der Waals surface area contributed by atoms with Crippen molar-refractivity contribution in [3.63, 3.8) is 0 Å². The maximum absolute atomic E-state index is 13.7. The lowest BCUT2D eigenvalue weighted by Crippen LogP contribution is -2.48. The molecule has 1 saturated carbocycles. The van der Waals surface area contributed by atoms with E-state index in [2.05, 4.69) is 11.4 Å². The summed E-state index contributed by atoms with van der Waals surface area (Å²) in [5, 5.41) is 2.09. The molecule has 0 radical (unpaired) electrons. The molecule has 7 heteroatoms. The zero-order chi connectivity index (χ0) is 24.2. The number of carbonyl (C=O) groups excluding carboxylic acids is 2. The molecule has 184 valence electrons. The van der Waals surface area contributed by atoms with Crippen molar-refractivity contribution in [2.75, 3.05) is 19.7 Å². The summed E-state index contributed by atoms with van der Waals surface area (Å²) in [6.45, 7) is 3.42. The molecule has 0 N–H and O–H groups in total. The second-order valence-corrected chi connectivity index (χ2v) is 10.5. The van der Waals surface area contributed by atoms with Gasteiger partial charge in [-0.2, -0.15) is 0 Å². The number of fused-ring (bicyclic) bond motifs is 1. The Hall–Kier alpha value is -3.06. The second-order valence-electron chi connectivity index (χ2n) is 9.53. The highest BCUT2D eigenvalue weighted by Crippen LogP contribution is 2.34. The van der Waals surface area contributed by atoms with Gasteiger partial charge in [0.1, 0.15) is 24.7 Å². The van der Waals surface area contributed by atoms with Crippen LogP contribution in [0, 0.1) is 12.8 Å². The van der Waals surface area contributed by atoms with Gasteiger partial charge in [0.2, 0.25) is 11.8 Å². The minimum absolute atomic E-state index is 0.00302. The van der Waals surface area contributed by atoms with Gasteiger partial charge in [-0.15, -0.1) is 11.3 Å². The van der Waals surface area contributed by atoms with Gasteiger partial charge in [0.15, 0.2) is 0 Å². The highest BCUT2D eigenvalue weighted by atomic mass is 32.1. The van der Waals surface area contributed by atoms with Crippen LogP contribution < -0.4 is 4.74 Å². The van der Waals surface area contributed by atoms with E-state index in [1.165, 1.54) is 10.4 Å². The number of hydrogen-bond donors (Lipinski definition) is 0. The molecule has 1 atom stereocenters. The lowest BCUT2D eigenvalue weighted by atomic mass is 10.00. The van der Waals surface area contributed by atoms with Crippen molar-refractivity contribution in [2.45, 2.75) is 51.6 Å². The summed E-state index contributed by atoms with van der Waals surface area (Å²) in [4.78, 5) is 32.0. The predicted octanol–water partition coefficient (Wildman–Crippen LogP) is 5.37. The van der Waals surface area contributed by atoms with E-state index >= 15 is 0 Å². The number of nitrogens with zero attached hydrogens (tertiary/aromatic N) is 2. The fourth-order valence-corrected chi connectivity index (χ4v) is 6.10. The first kappa shape index (κ1) is 23.7. The molecule has 0 spiro atoms. The zero-order valence-electron chi connectivity index (χ0n) is 20.2. The molecule has 0 saturated heterocycles. The Balaban J connectivity index is 1.33. The molecule has 1 aliphatic heterocycles. The van der Waals surface area contributed by atoms with Crippen LogP contribution in [0.3, 0.4) is 0 Å². The van der Waals surface area contributed by atoms with E-state index in [-0.39, 0.29) is 30.3 Å². The van der Waals surface area contributed by atoms with Gasteiger partial charge >= 0.3 is 0 Å². The van der Waals surface area contributed by atoms with Crippen molar-refractivity contribution in [1.29, 1.82) is 0 Å². The van der Waals surface area contributed by atoms with E-state index < -0.39 is 0 Å². The van der Waals surface area contributed by atoms with Gasteiger partial charge in [0.05, 0.1) is 18.8 Å².